The number of nitrogens with zero attached hydrogens (tertiary/aromatic N) is 2. The van der Waals surface area contributed by atoms with Crippen LogP contribution in [0.2, 0.25) is 0 Å². The van der Waals surface area contributed by atoms with Crippen LogP contribution in [0.25, 0.3) is 0 Å². The van der Waals surface area contributed by atoms with Crippen LogP contribution in [-0.2, 0) is 11.3 Å². The number of carbonyl (C=O) groups is 2. The second-order valence-corrected chi connectivity index (χ2v) is 8.07. The van der Waals surface area contributed by atoms with E-state index in [-0.39, 0.29) is 41.8 Å². The largest absolute Gasteiger partial charge is 0.357 e. The molecule has 3 amide bonds. The number of amides is 3. The number of imide groups is 1. The molecule has 2 aliphatic rings. The molecule has 7 nitrogen and oxygen atoms in total. The van der Waals surface area contributed by atoms with Crippen LogP contribution >= 0.6 is 35.3 Å². The van der Waals surface area contributed by atoms with E-state index < -0.39 is 5.54 Å². The van der Waals surface area contributed by atoms with Crippen LogP contribution in [0.1, 0.15) is 37.1 Å². The molecule has 0 spiro atoms. The maximum absolute atomic E-state index is 12.1. The van der Waals surface area contributed by atoms with E-state index in [0.717, 1.165) is 38.4 Å². The van der Waals surface area contributed by atoms with Crippen molar-refractivity contribution in [1.29, 1.82) is 0 Å². The number of carbonyl (C=O) groups excluding carboxylic acids is 2. The maximum Gasteiger partial charge on any atom is 0.322 e. The fourth-order valence-electron chi connectivity index (χ4n) is 3.65. The molecule has 2 aliphatic heterocycles. The minimum Gasteiger partial charge on any atom is -0.357 e. The molecule has 9 heteroatoms. The molecule has 0 aromatic carbocycles. The Hall–Kier alpha value is -1.36. The number of thiophene rings is 1. The van der Waals surface area contributed by atoms with Gasteiger partial charge in [0.2, 0.25) is 0 Å². The highest BCUT2D eigenvalue weighted by atomic mass is 127. The predicted octanol–water partition coefficient (Wildman–Crippen LogP) is 2.45. The lowest BCUT2D eigenvalue weighted by molar-refractivity contribution is -0.125. The summed E-state index contributed by atoms with van der Waals surface area (Å²) in [6.07, 6.45) is 1.68. The topological polar surface area (TPSA) is 85.8 Å². The van der Waals surface area contributed by atoms with Gasteiger partial charge in [-0.1, -0.05) is 0 Å². The lowest BCUT2D eigenvalue weighted by atomic mass is 9.79. The molecule has 0 saturated carbocycles. The van der Waals surface area contributed by atoms with Crippen molar-refractivity contribution in [3.8, 4) is 0 Å². The Balaban J connectivity index is 0.00000261. The third-order valence-electron chi connectivity index (χ3n) is 5.36. The van der Waals surface area contributed by atoms with Gasteiger partial charge in [-0.25, -0.2) is 9.79 Å². The molecule has 3 heterocycles. The van der Waals surface area contributed by atoms with E-state index in [9.17, 15) is 9.59 Å². The summed E-state index contributed by atoms with van der Waals surface area (Å²) in [5.41, 5.74) is 0.483. The van der Waals surface area contributed by atoms with E-state index in [1.165, 1.54) is 10.4 Å². The summed E-state index contributed by atoms with van der Waals surface area (Å²) in [6, 6.07) is 1.73. The van der Waals surface area contributed by atoms with Crippen molar-refractivity contribution in [2.75, 3.05) is 19.6 Å². The fourth-order valence-corrected chi connectivity index (χ4v) is 4.48. The summed E-state index contributed by atoms with van der Waals surface area (Å²) < 4.78 is 0. The second-order valence-electron chi connectivity index (χ2n) is 7.07. The number of urea groups is 1. The minimum absolute atomic E-state index is 0. The van der Waals surface area contributed by atoms with E-state index in [0.29, 0.717) is 6.54 Å². The van der Waals surface area contributed by atoms with Gasteiger partial charge in [-0.05, 0) is 56.5 Å². The third kappa shape index (κ3) is 4.74. The van der Waals surface area contributed by atoms with Crippen molar-refractivity contribution >= 4 is 53.2 Å². The summed E-state index contributed by atoms with van der Waals surface area (Å²) >= 11 is 1.74. The normalized spacial score (nSPS) is 23.7. The number of halogens is 1. The zero-order chi connectivity index (χ0) is 18.7. The Kier molecular flexibility index (Phi) is 7.49. The molecule has 1 aromatic rings. The molecule has 0 radical (unpaired) electrons. The van der Waals surface area contributed by atoms with E-state index >= 15 is 0 Å². The molecular weight excluding hydrogens is 477 g/mol. The molecular formula is C18H28IN5O2S. The predicted molar refractivity (Wildman–Crippen MR) is 119 cm³/mol. The number of aryl methyl sites for hydroxylation is 1. The summed E-state index contributed by atoms with van der Waals surface area (Å²) in [7, 11) is 0. The second kappa shape index (κ2) is 9.22. The van der Waals surface area contributed by atoms with Gasteiger partial charge in [0.25, 0.3) is 5.91 Å². The molecule has 1 aromatic heterocycles. The highest BCUT2D eigenvalue weighted by Crippen LogP contribution is 2.30. The highest BCUT2D eigenvalue weighted by molar-refractivity contribution is 14.0. The average molecular weight is 505 g/mol. The van der Waals surface area contributed by atoms with Crippen LogP contribution in [0, 0.1) is 12.8 Å². The van der Waals surface area contributed by atoms with Crippen LogP contribution in [0.4, 0.5) is 4.79 Å². The number of hydrogen-bond acceptors (Lipinski definition) is 4. The first-order chi connectivity index (χ1) is 12.4. The Labute approximate surface area is 181 Å². The molecule has 0 bridgehead atoms. The van der Waals surface area contributed by atoms with Gasteiger partial charge in [0.1, 0.15) is 5.54 Å². The molecule has 27 heavy (non-hydrogen) atoms. The molecule has 0 aliphatic carbocycles. The fraction of sp³-hybridized carbons (Fsp3) is 0.611. The minimum atomic E-state index is -0.799. The SMILES string of the molecule is CCNC(=NCc1sccc1C)N1CCC(C2(C)NC(=O)NC2=O)CC1.I. The number of aliphatic imine (C=N–C) groups is 1. The summed E-state index contributed by atoms with van der Waals surface area (Å²) in [6.45, 7) is 9.14. The molecule has 3 N–H and O–H groups in total. The lowest BCUT2D eigenvalue weighted by Gasteiger charge is -2.39. The van der Waals surface area contributed by atoms with Crippen LogP contribution in [0.5, 0.6) is 0 Å². The quantitative estimate of drug-likeness (QED) is 0.254. The van der Waals surface area contributed by atoms with Gasteiger partial charge in [-0.15, -0.1) is 35.3 Å². The van der Waals surface area contributed by atoms with Crippen molar-refractivity contribution in [2.45, 2.75) is 45.7 Å². The number of rotatable bonds is 4. The lowest BCUT2D eigenvalue weighted by Crippen LogP contribution is -2.55. The number of hydrogen-bond donors (Lipinski definition) is 3. The first kappa shape index (κ1) is 21.9. The van der Waals surface area contributed by atoms with Crippen LogP contribution < -0.4 is 16.0 Å². The summed E-state index contributed by atoms with van der Waals surface area (Å²) in [5, 5.41) is 10.6. The first-order valence-corrected chi connectivity index (χ1v) is 10.0. The van der Waals surface area contributed by atoms with E-state index in [4.69, 9.17) is 4.99 Å². The Morgan fingerprint density at radius 1 is 1.41 bits per heavy atom. The van der Waals surface area contributed by atoms with E-state index in [2.05, 4.69) is 46.1 Å². The van der Waals surface area contributed by atoms with Crippen LogP contribution in [-0.4, -0.2) is 48.0 Å². The zero-order valence-electron chi connectivity index (χ0n) is 16.0. The first-order valence-electron chi connectivity index (χ1n) is 9.14. The van der Waals surface area contributed by atoms with Crippen LogP contribution in [0.3, 0.4) is 0 Å². The smallest absolute Gasteiger partial charge is 0.322 e. The van der Waals surface area contributed by atoms with Gasteiger partial charge in [0, 0.05) is 24.5 Å². The Morgan fingerprint density at radius 2 is 2.11 bits per heavy atom. The standard InChI is InChI=1S/C18H27N5O2S.HI/c1-4-19-16(20-11-14-12(2)7-10-26-14)23-8-5-13(6-9-23)18(3)15(24)21-17(25)22-18;/h7,10,13H,4-6,8-9,11H2,1-3H3,(H,19,20)(H2,21,22,24,25);1H. The number of likely N-dealkylation sites (tertiary alicyclic amines) is 1. The Morgan fingerprint density at radius 3 is 2.63 bits per heavy atom. The van der Waals surface area contributed by atoms with Crippen molar-refractivity contribution in [3.63, 3.8) is 0 Å². The third-order valence-corrected chi connectivity index (χ3v) is 6.37. The van der Waals surface area contributed by atoms with Gasteiger partial charge in [0.15, 0.2) is 5.96 Å². The molecule has 150 valence electrons. The number of piperidine rings is 1. The molecule has 3 rings (SSSR count). The van der Waals surface area contributed by atoms with Gasteiger partial charge >= 0.3 is 6.03 Å². The van der Waals surface area contributed by atoms with Gasteiger partial charge in [-0.2, -0.15) is 0 Å². The summed E-state index contributed by atoms with van der Waals surface area (Å²) in [4.78, 5) is 32.0. The molecule has 2 saturated heterocycles. The number of guanidine groups is 1. The van der Waals surface area contributed by atoms with E-state index in [1.807, 2.05) is 6.92 Å². The van der Waals surface area contributed by atoms with E-state index in [1.54, 1.807) is 11.3 Å². The monoisotopic (exact) mass is 505 g/mol. The van der Waals surface area contributed by atoms with Crippen LogP contribution in [0.15, 0.2) is 16.4 Å². The van der Waals surface area contributed by atoms with Gasteiger partial charge in [-0.3, -0.25) is 10.1 Å². The maximum atomic E-state index is 12.1. The van der Waals surface area contributed by atoms with Crippen molar-refractivity contribution in [2.24, 2.45) is 10.9 Å². The molecule has 1 atom stereocenters. The van der Waals surface area contributed by atoms with Crippen molar-refractivity contribution in [3.05, 3.63) is 21.9 Å². The molecule has 1 unspecified atom stereocenters. The number of nitrogens with one attached hydrogen (secondary N) is 3. The average Bonchev–Trinajstić information content (AvgIpc) is 3.14. The van der Waals surface area contributed by atoms with Crippen molar-refractivity contribution in [1.82, 2.24) is 20.9 Å². The zero-order valence-corrected chi connectivity index (χ0v) is 19.1. The van der Waals surface area contributed by atoms with Gasteiger partial charge < -0.3 is 15.5 Å². The Bertz CT molecular complexity index is 714. The highest BCUT2D eigenvalue weighted by Gasteiger charge is 2.48. The summed E-state index contributed by atoms with van der Waals surface area (Å²) in [5.74, 6) is 0.839. The molecule has 2 fully saturated rings. The van der Waals surface area contributed by atoms with Crippen molar-refractivity contribution < 1.29 is 9.59 Å². The van der Waals surface area contributed by atoms with Gasteiger partial charge in [0.05, 0.1) is 6.54 Å².